The van der Waals surface area contributed by atoms with Crippen LogP contribution < -0.4 is 5.32 Å². The van der Waals surface area contributed by atoms with Crippen molar-refractivity contribution in [3.8, 4) is 0 Å². The third-order valence-electron chi connectivity index (χ3n) is 2.00. The minimum atomic E-state index is -4.26. The van der Waals surface area contributed by atoms with Crippen molar-refractivity contribution in [3.05, 3.63) is 29.3 Å². The van der Waals surface area contributed by atoms with Gasteiger partial charge < -0.3 is 5.32 Å². The number of halogens is 3. The van der Waals surface area contributed by atoms with Gasteiger partial charge >= 0.3 is 6.18 Å². The van der Waals surface area contributed by atoms with Gasteiger partial charge in [-0.1, -0.05) is 0 Å². The molecule has 0 amide bonds. The van der Waals surface area contributed by atoms with E-state index < -0.39 is 11.7 Å². The van der Waals surface area contributed by atoms with Crippen LogP contribution in [0.3, 0.4) is 0 Å². The Morgan fingerprint density at radius 2 is 1.80 bits per heavy atom. The molecule has 4 heteroatoms. The van der Waals surface area contributed by atoms with E-state index in [0.717, 1.165) is 17.8 Å². The van der Waals surface area contributed by atoms with Crippen molar-refractivity contribution < 1.29 is 13.2 Å². The Morgan fingerprint density at radius 3 is 2.20 bits per heavy atom. The molecule has 0 heterocycles. The molecule has 0 unspecified atom stereocenters. The normalized spacial score (nSPS) is 11.9. The van der Waals surface area contributed by atoms with Gasteiger partial charge in [0.25, 0.3) is 0 Å². The summed E-state index contributed by atoms with van der Waals surface area (Å²) in [6.07, 6.45) is -4.26. The van der Waals surface area contributed by atoms with E-state index in [4.69, 9.17) is 0 Å². The largest absolute Gasteiger partial charge is 0.416 e. The number of nitrogens with one attached hydrogen (secondary N) is 1. The first kappa shape index (κ1) is 11.9. The van der Waals surface area contributed by atoms with Gasteiger partial charge in [-0.25, -0.2) is 0 Å². The highest BCUT2D eigenvalue weighted by molar-refractivity contribution is 5.52. The summed E-state index contributed by atoms with van der Waals surface area (Å²) in [4.78, 5) is 0. The van der Waals surface area contributed by atoms with Crippen LogP contribution in [0.2, 0.25) is 0 Å². The summed E-state index contributed by atoms with van der Waals surface area (Å²) in [7, 11) is 0. The maximum absolute atomic E-state index is 12.3. The fraction of sp³-hybridized carbons (Fsp3) is 0.455. The minimum absolute atomic E-state index is 0.209. The van der Waals surface area contributed by atoms with Gasteiger partial charge in [0.05, 0.1) is 5.56 Å². The molecule has 0 spiro atoms. The first-order valence-electron chi connectivity index (χ1n) is 4.75. The molecule has 1 rings (SSSR count). The summed E-state index contributed by atoms with van der Waals surface area (Å²) in [6.45, 7) is 5.55. The summed E-state index contributed by atoms with van der Waals surface area (Å²) in [5, 5.41) is 3.08. The highest BCUT2D eigenvalue weighted by Gasteiger charge is 2.30. The molecule has 1 aromatic carbocycles. The van der Waals surface area contributed by atoms with E-state index in [-0.39, 0.29) is 6.04 Å². The highest BCUT2D eigenvalue weighted by Crippen LogP contribution is 2.31. The number of hydrogen-bond acceptors (Lipinski definition) is 1. The van der Waals surface area contributed by atoms with Gasteiger partial charge in [-0.05, 0) is 44.5 Å². The maximum atomic E-state index is 12.3. The Labute approximate surface area is 87.3 Å². The lowest BCUT2D eigenvalue weighted by atomic mass is 10.1. The third-order valence-corrected chi connectivity index (χ3v) is 2.00. The fourth-order valence-corrected chi connectivity index (χ4v) is 1.31. The van der Waals surface area contributed by atoms with Crippen LogP contribution in [0, 0.1) is 6.92 Å². The van der Waals surface area contributed by atoms with E-state index in [2.05, 4.69) is 5.32 Å². The van der Waals surface area contributed by atoms with Gasteiger partial charge in [0, 0.05) is 11.7 Å². The molecule has 84 valence electrons. The molecule has 0 saturated heterocycles. The Hall–Kier alpha value is -1.19. The number of rotatable bonds is 2. The van der Waals surface area contributed by atoms with Crippen LogP contribution in [-0.2, 0) is 6.18 Å². The molecule has 1 nitrogen and oxygen atoms in total. The molecule has 1 aromatic rings. The SMILES string of the molecule is Cc1cc(C(F)(F)F)ccc1NC(C)C. The van der Waals surface area contributed by atoms with Crippen molar-refractivity contribution in [1.29, 1.82) is 0 Å². The molecule has 15 heavy (non-hydrogen) atoms. The van der Waals surface area contributed by atoms with E-state index in [0.29, 0.717) is 5.56 Å². The molecule has 0 aliphatic carbocycles. The van der Waals surface area contributed by atoms with E-state index in [1.54, 1.807) is 6.92 Å². The number of hydrogen-bond donors (Lipinski definition) is 1. The Morgan fingerprint density at radius 1 is 1.20 bits per heavy atom. The first-order chi connectivity index (χ1) is 6.80. The van der Waals surface area contributed by atoms with E-state index in [1.165, 1.54) is 6.07 Å². The molecule has 1 N–H and O–H groups in total. The van der Waals surface area contributed by atoms with Crippen molar-refractivity contribution >= 4 is 5.69 Å². The lowest BCUT2D eigenvalue weighted by Gasteiger charge is -2.14. The molecule has 0 atom stereocenters. The Bertz CT molecular complexity index is 342. The standard InChI is InChI=1S/C11H14F3N/c1-7(2)15-10-5-4-9(6-8(10)3)11(12,13)14/h4-7,15H,1-3H3. The first-order valence-corrected chi connectivity index (χ1v) is 4.75. The second-order valence-corrected chi connectivity index (χ2v) is 3.83. The number of aryl methyl sites for hydroxylation is 1. The van der Waals surface area contributed by atoms with Crippen molar-refractivity contribution in [3.63, 3.8) is 0 Å². The quantitative estimate of drug-likeness (QED) is 0.793. The van der Waals surface area contributed by atoms with Crippen LogP contribution in [0.1, 0.15) is 25.0 Å². The van der Waals surface area contributed by atoms with Crippen LogP contribution in [0.15, 0.2) is 18.2 Å². The predicted molar refractivity (Wildman–Crippen MR) is 54.9 cm³/mol. The average Bonchev–Trinajstić information content (AvgIpc) is 2.05. The van der Waals surface area contributed by atoms with Crippen LogP contribution in [0.5, 0.6) is 0 Å². The second-order valence-electron chi connectivity index (χ2n) is 3.83. The van der Waals surface area contributed by atoms with Crippen LogP contribution in [-0.4, -0.2) is 6.04 Å². The van der Waals surface area contributed by atoms with Gasteiger partial charge in [-0.2, -0.15) is 13.2 Å². The zero-order valence-electron chi connectivity index (χ0n) is 8.94. The van der Waals surface area contributed by atoms with Crippen molar-refractivity contribution in [2.45, 2.75) is 33.0 Å². The van der Waals surface area contributed by atoms with Crippen molar-refractivity contribution in [1.82, 2.24) is 0 Å². The number of anilines is 1. The summed E-state index contributed by atoms with van der Waals surface area (Å²) < 4.78 is 37.0. The zero-order chi connectivity index (χ0) is 11.6. The van der Waals surface area contributed by atoms with Crippen molar-refractivity contribution in [2.75, 3.05) is 5.32 Å². The third kappa shape index (κ3) is 3.15. The van der Waals surface area contributed by atoms with Gasteiger partial charge in [0.1, 0.15) is 0 Å². The van der Waals surface area contributed by atoms with Crippen LogP contribution in [0.4, 0.5) is 18.9 Å². The topological polar surface area (TPSA) is 12.0 Å². The summed E-state index contributed by atoms with van der Waals surface area (Å²) >= 11 is 0. The molecule has 0 aliphatic rings. The van der Waals surface area contributed by atoms with E-state index in [9.17, 15) is 13.2 Å². The molecular weight excluding hydrogens is 203 g/mol. The summed E-state index contributed by atoms with van der Waals surface area (Å²) in [5.74, 6) is 0. The van der Waals surface area contributed by atoms with E-state index >= 15 is 0 Å². The van der Waals surface area contributed by atoms with Crippen LogP contribution in [0.25, 0.3) is 0 Å². The van der Waals surface area contributed by atoms with Gasteiger partial charge in [0.15, 0.2) is 0 Å². The number of alkyl halides is 3. The molecule has 0 aromatic heterocycles. The monoisotopic (exact) mass is 217 g/mol. The maximum Gasteiger partial charge on any atom is 0.416 e. The minimum Gasteiger partial charge on any atom is -0.383 e. The predicted octanol–water partition coefficient (Wildman–Crippen LogP) is 3.83. The molecule has 0 radical (unpaired) electrons. The van der Waals surface area contributed by atoms with Crippen molar-refractivity contribution in [2.24, 2.45) is 0 Å². The molecule has 0 aliphatic heterocycles. The molecule has 0 bridgehead atoms. The van der Waals surface area contributed by atoms with Gasteiger partial charge in [0.2, 0.25) is 0 Å². The van der Waals surface area contributed by atoms with Crippen LogP contribution >= 0.6 is 0 Å². The zero-order valence-corrected chi connectivity index (χ0v) is 8.94. The second kappa shape index (κ2) is 4.13. The van der Waals surface area contributed by atoms with Gasteiger partial charge in [-0.3, -0.25) is 0 Å². The lowest BCUT2D eigenvalue weighted by molar-refractivity contribution is -0.137. The molecular formula is C11H14F3N. The fourth-order valence-electron chi connectivity index (χ4n) is 1.31. The lowest BCUT2D eigenvalue weighted by Crippen LogP contribution is -2.12. The summed E-state index contributed by atoms with van der Waals surface area (Å²) in [6, 6.07) is 3.93. The smallest absolute Gasteiger partial charge is 0.383 e. The molecule has 0 fully saturated rings. The Kier molecular flexibility index (Phi) is 3.27. The highest BCUT2D eigenvalue weighted by atomic mass is 19.4. The van der Waals surface area contributed by atoms with Gasteiger partial charge in [-0.15, -0.1) is 0 Å². The number of benzene rings is 1. The Balaban J connectivity index is 2.98. The van der Waals surface area contributed by atoms with E-state index in [1.807, 2.05) is 13.8 Å². The summed E-state index contributed by atoms with van der Waals surface area (Å²) in [5.41, 5.74) is 0.755. The molecule has 0 saturated carbocycles. The average molecular weight is 217 g/mol.